The van der Waals surface area contributed by atoms with Crippen molar-refractivity contribution >= 4 is 28.0 Å². The van der Waals surface area contributed by atoms with Gasteiger partial charge in [-0.05, 0) is 25.0 Å². The lowest BCUT2D eigenvalue weighted by molar-refractivity contribution is 0.102. The second-order valence-corrected chi connectivity index (χ2v) is 6.17. The van der Waals surface area contributed by atoms with E-state index in [1.165, 1.54) is 28.0 Å². The Morgan fingerprint density at radius 3 is 2.82 bits per heavy atom. The van der Waals surface area contributed by atoms with E-state index in [9.17, 15) is 9.18 Å². The fourth-order valence-corrected chi connectivity index (χ4v) is 3.04. The average molecular weight is 318 g/mol. The van der Waals surface area contributed by atoms with Gasteiger partial charge in [0.15, 0.2) is 5.13 Å². The van der Waals surface area contributed by atoms with Gasteiger partial charge in [-0.3, -0.25) is 14.5 Å². The molecule has 1 N–H and O–H groups in total. The number of hydrogen-bond donors (Lipinski definition) is 1. The topological polar surface area (TPSA) is 59.3 Å². The van der Waals surface area contributed by atoms with E-state index in [0.717, 1.165) is 5.69 Å². The summed E-state index contributed by atoms with van der Waals surface area (Å²) < 4.78 is 14.9. The summed E-state index contributed by atoms with van der Waals surface area (Å²) in [5, 5.41) is 5.20. The van der Waals surface area contributed by atoms with Crippen molar-refractivity contribution in [2.75, 3.05) is 5.32 Å². The van der Waals surface area contributed by atoms with Crippen LogP contribution in [0, 0.1) is 12.7 Å². The van der Waals surface area contributed by atoms with Gasteiger partial charge in [0.1, 0.15) is 17.2 Å². The van der Waals surface area contributed by atoms with E-state index >= 15 is 0 Å². The highest BCUT2D eigenvalue weighted by Crippen LogP contribution is 2.22. The summed E-state index contributed by atoms with van der Waals surface area (Å²) in [6, 6.07) is 2.86. The third-order valence-electron chi connectivity index (χ3n) is 3.31. The monoisotopic (exact) mass is 318 g/mol. The van der Waals surface area contributed by atoms with Gasteiger partial charge in [0.05, 0.1) is 11.4 Å². The van der Waals surface area contributed by atoms with E-state index in [1.54, 1.807) is 13.0 Å². The van der Waals surface area contributed by atoms with Crippen LogP contribution in [0.2, 0.25) is 0 Å². The first-order valence-electron chi connectivity index (χ1n) is 6.86. The second-order valence-electron chi connectivity index (χ2n) is 5.31. The number of pyridine rings is 1. The van der Waals surface area contributed by atoms with Gasteiger partial charge in [-0.25, -0.2) is 14.4 Å². The van der Waals surface area contributed by atoms with Crippen molar-refractivity contribution in [3.8, 4) is 0 Å². The minimum atomic E-state index is -0.421. The summed E-state index contributed by atoms with van der Waals surface area (Å²) in [5.41, 5.74) is 2.33. The van der Waals surface area contributed by atoms with Crippen LogP contribution in [0.25, 0.3) is 5.65 Å². The third kappa shape index (κ3) is 2.59. The number of thiazole rings is 1. The lowest BCUT2D eigenvalue weighted by Crippen LogP contribution is -2.15. The van der Waals surface area contributed by atoms with E-state index in [2.05, 4.69) is 15.3 Å². The molecule has 0 radical (unpaired) electrons. The highest BCUT2D eigenvalue weighted by Gasteiger charge is 2.18. The molecule has 0 saturated heterocycles. The van der Waals surface area contributed by atoms with Crippen LogP contribution in [0.5, 0.6) is 0 Å². The Kier molecular flexibility index (Phi) is 3.66. The van der Waals surface area contributed by atoms with Gasteiger partial charge >= 0.3 is 0 Å². The van der Waals surface area contributed by atoms with Crippen molar-refractivity contribution in [3.63, 3.8) is 0 Å². The maximum atomic E-state index is 13.4. The smallest absolute Gasteiger partial charge is 0.276 e. The molecule has 0 fully saturated rings. The maximum Gasteiger partial charge on any atom is 0.276 e. The second kappa shape index (κ2) is 5.49. The average Bonchev–Trinajstić information content (AvgIpc) is 3.02. The molecule has 0 spiro atoms. The molecule has 0 aliphatic heterocycles. The Labute approximate surface area is 130 Å². The third-order valence-corrected chi connectivity index (χ3v) is 4.08. The SMILES string of the molecule is Cc1nc2ccc(F)cn2c1C(=O)Nc1nc(C(C)C)cs1. The molecule has 0 bridgehead atoms. The number of aryl methyl sites for hydroxylation is 1. The summed E-state index contributed by atoms with van der Waals surface area (Å²) in [6.45, 7) is 5.80. The molecule has 0 aliphatic rings. The van der Waals surface area contributed by atoms with Crippen molar-refractivity contribution in [1.29, 1.82) is 0 Å². The first-order chi connectivity index (χ1) is 10.5. The van der Waals surface area contributed by atoms with Crippen LogP contribution in [-0.4, -0.2) is 20.3 Å². The maximum absolute atomic E-state index is 13.4. The fraction of sp³-hybridized carbons (Fsp3) is 0.267. The van der Waals surface area contributed by atoms with Crippen LogP contribution in [-0.2, 0) is 0 Å². The van der Waals surface area contributed by atoms with E-state index in [-0.39, 0.29) is 5.91 Å². The minimum Gasteiger partial charge on any atom is -0.296 e. The Balaban J connectivity index is 1.94. The Morgan fingerprint density at radius 1 is 1.36 bits per heavy atom. The number of nitrogens with zero attached hydrogens (tertiary/aromatic N) is 3. The lowest BCUT2D eigenvalue weighted by atomic mass is 10.2. The molecule has 3 heterocycles. The van der Waals surface area contributed by atoms with E-state index in [0.29, 0.717) is 28.1 Å². The molecule has 3 rings (SSSR count). The molecule has 0 atom stereocenters. The number of rotatable bonds is 3. The van der Waals surface area contributed by atoms with Gasteiger partial charge in [-0.15, -0.1) is 11.3 Å². The largest absolute Gasteiger partial charge is 0.296 e. The van der Waals surface area contributed by atoms with Gasteiger partial charge in [0.25, 0.3) is 5.91 Å². The van der Waals surface area contributed by atoms with Crippen LogP contribution < -0.4 is 5.32 Å². The van der Waals surface area contributed by atoms with Gasteiger partial charge < -0.3 is 0 Å². The van der Waals surface area contributed by atoms with Crippen LogP contribution in [0.4, 0.5) is 9.52 Å². The molecule has 7 heteroatoms. The normalized spacial score (nSPS) is 11.3. The molecule has 0 aliphatic carbocycles. The van der Waals surface area contributed by atoms with Crippen molar-refractivity contribution in [2.24, 2.45) is 0 Å². The first-order valence-corrected chi connectivity index (χ1v) is 7.74. The quantitative estimate of drug-likeness (QED) is 0.802. The summed E-state index contributed by atoms with van der Waals surface area (Å²) in [7, 11) is 0. The predicted octanol–water partition coefficient (Wildman–Crippen LogP) is 3.61. The molecule has 1 amide bonds. The van der Waals surface area contributed by atoms with E-state index < -0.39 is 5.82 Å². The van der Waals surface area contributed by atoms with Crippen molar-refractivity contribution < 1.29 is 9.18 Å². The summed E-state index contributed by atoms with van der Waals surface area (Å²) in [6.07, 6.45) is 1.26. The number of nitrogens with one attached hydrogen (secondary N) is 1. The molecule has 3 aromatic heterocycles. The zero-order valence-electron chi connectivity index (χ0n) is 12.4. The number of imidazole rings is 1. The van der Waals surface area contributed by atoms with Gasteiger partial charge in [0, 0.05) is 11.6 Å². The van der Waals surface area contributed by atoms with Crippen molar-refractivity contribution in [3.05, 3.63) is 46.6 Å². The molecule has 0 aromatic carbocycles. The number of amides is 1. The molecular formula is C15H15FN4OS. The van der Waals surface area contributed by atoms with Crippen LogP contribution in [0.15, 0.2) is 23.7 Å². The molecule has 3 aromatic rings. The number of hydrogen-bond acceptors (Lipinski definition) is 4. The molecule has 5 nitrogen and oxygen atoms in total. The Morgan fingerprint density at radius 2 is 2.14 bits per heavy atom. The van der Waals surface area contributed by atoms with Gasteiger partial charge in [-0.2, -0.15) is 0 Å². The van der Waals surface area contributed by atoms with Crippen LogP contribution in [0.3, 0.4) is 0 Å². The van der Waals surface area contributed by atoms with Crippen LogP contribution >= 0.6 is 11.3 Å². The molecule has 0 saturated carbocycles. The Hall–Kier alpha value is -2.28. The minimum absolute atomic E-state index is 0.300. The number of halogens is 1. The number of anilines is 1. The predicted molar refractivity (Wildman–Crippen MR) is 84.0 cm³/mol. The highest BCUT2D eigenvalue weighted by molar-refractivity contribution is 7.14. The van der Waals surface area contributed by atoms with Gasteiger partial charge in [-0.1, -0.05) is 13.8 Å². The summed E-state index contributed by atoms with van der Waals surface area (Å²) in [4.78, 5) is 21.1. The number of fused-ring (bicyclic) bond motifs is 1. The lowest BCUT2D eigenvalue weighted by Gasteiger charge is -2.03. The highest BCUT2D eigenvalue weighted by atomic mass is 32.1. The summed E-state index contributed by atoms with van der Waals surface area (Å²) in [5.74, 6) is -0.468. The number of carbonyl (C=O) groups is 1. The standard InChI is InChI=1S/C15H15FN4OS/c1-8(2)11-7-22-15(18-11)19-14(21)13-9(3)17-12-5-4-10(16)6-20(12)13/h4-8H,1-3H3,(H,18,19,21). The zero-order valence-corrected chi connectivity index (χ0v) is 13.2. The fourth-order valence-electron chi connectivity index (χ4n) is 2.18. The van der Waals surface area contributed by atoms with Crippen molar-refractivity contribution in [1.82, 2.24) is 14.4 Å². The summed E-state index contributed by atoms with van der Waals surface area (Å²) >= 11 is 1.37. The number of aromatic nitrogens is 3. The van der Waals surface area contributed by atoms with Crippen LogP contribution in [0.1, 0.15) is 41.6 Å². The van der Waals surface area contributed by atoms with E-state index in [1.807, 2.05) is 19.2 Å². The zero-order chi connectivity index (χ0) is 15.9. The van der Waals surface area contributed by atoms with Crippen molar-refractivity contribution in [2.45, 2.75) is 26.7 Å². The number of carbonyl (C=O) groups excluding carboxylic acids is 1. The van der Waals surface area contributed by atoms with Gasteiger partial charge in [0.2, 0.25) is 0 Å². The first kappa shape index (κ1) is 14.6. The molecule has 22 heavy (non-hydrogen) atoms. The molecule has 0 unspecified atom stereocenters. The molecule has 114 valence electrons. The Bertz CT molecular complexity index is 852. The molecular weight excluding hydrogens is 303 g/mol. The van der Waals surface area contributed by atoms with E-state index in [4.69, 9.17) is 0 Å².